The summed E-state index contributed by atoms with van der Waals surface area (Å²) in [6, 6.07) is 0. The first-order valence-corrected chi connectivity index (χ1v) is 7.16. The summed E-state index contributed by atoms with van der Waals surface area (Å²) in [5.74, 6) is 2.99. The van der Waals surface area contributed by atoms with Crippen LogP contribution >= 0.6 is 0 Å². The Hall–Kier alpha value is -1.36. The molecule has 20 heavy (non-hydrogen) atoms. The molecule has 0 fully saturated rings. The van der Waals surface area contributed by atoms with E-state index in [0.717, 1.165) is 29.6 Å². The highest BCUT2D eigenvalue weighted by atomic mass is 15.2. The first-order chi connectivity index (χ1) is 9.19. The van der Waals surface area contributed by atoms with E-state index in [1.807, 2.05) is 14.0 Å². The topological polar surface area (TPSA) is 53.1 Å². The van der Waals surface area contributed by atoms with Gasteiger partial charge in [0.1, 0.15) is 17.5 Å². The third-order valence-corrected chi connectivity index (χ3v) is 3.82. The molecule has 1 aromatic rings. The Bertz CT molecular complexity index is 452. The highest BCUT2D eigenvalue weighted by Gasteiger charge is 2.21. The largest absolute Gasteiger partial charge is 0.373 e. The first kappa shape index (κ1) is 16.7. The van der Waals surface area contributed by atoms with E-state index in [1.165, 1.54) is 0 Å². The SMILES string of the molecule is CNc1nc(C(C)C)nc(NCC(C)(C)N(C)C)c1C. The van der Waals surface area contributed by atoms with Crippen molar-refractivity contribution in [2.75, 3.05) is 38.3 Å². The Balaban J connectivity index is 3.02. The second-order valence-electron chi connectivity index (χ2n) is 6.37. The van der Waals surface area contributed by atoms with Crippen molar-refractivity contribution in [2.24, 2.45) is 0 Å². The Kier molecular flexibility index (Phi) is 5.34. The van der Waals surface area contributed by atoms with Crippen LogP contribution in [0.2, 0.25) is 0 Å². The Morgan fingerprint density at radius 2 is 1.70 bits per heavy atom. The lowest BCUT2D eigenvalue weighted by molar-refractivity contribution is 0.210. The normalized spacial score (nSPS) is 12.1. The van der Waals surface area contributed by atoms with Gasteiger partial charge >= 0.3 is 0 Å². The van der Waals surface area contributed by atoms with Crippen LogP contribution < -0.4 is 10.6 Å². The molecule has 0 saturated heterocycles. The van der Waals surface area contributed by atoms with E-state index in [4.69, 9.17) is 0 Å². The summed E-state index contributed by atoms with van der Waals surface area (Å²) in [4.78, 5) is 11.4. The van der Waals surface area contributed by atoms with Gasteiger partial charge in [0.2, 0.25) is 0 Å². The number of hydrogen-bond acceptors (Lipinski definition) is 5. The number of nitrogens with one attached hydrogen (secondary N) is 2. The van der Waals surface area contributed by atoms with Crippen LogP contribution in [-0.2, 0) is 0 Å². The van der Waals surface area contributed by atoms with Crippen molar-refractivity contribution in [3.05, 3.63) is 11.4 Å². The van der Waals surface area contributed by atoms with Crippen LogP contribution in [0.3, 0.4) is 0 Å². The molecule has 1 aromatic heterocycles. The average Bonchev–Trinajstić information content (AvgIpc) is 2.37. The fourth-order valence-electron chi connectivity index (χ4n) is 1.67. The van der Waals surface area contributed by atoms with Gasteiger partial charge in [-0.3, -0.25) is 0 Å². The maximum Gasteiger partial charge on any atom is 0.135 e. The Labute approximate surface area is 123 Å². The van der Waals surface area contributed by atoms with Crippen LogP contribution in [-0.4, -0.2) is 48.1 Å². The van der Waals surface area contributed by atoms with E-state index in [-0.39, 0.29) is 5.54 Å². The fourth-order valence-corrected chi connectivity index (χ4v) is 1.67. The second kappa shape index (κ2) is 6.39. The summed E-state index contributed by atoms with van der Waals surface area (Å²) >= 11 is 0. The molecule has 2 N–H and O–H groups in total. The van der Waals surface area contributed by atoms with Gasteiger partial charge in [-0.25, -0.2) is 9.97 Å². The van der Waals surface area contributed by atoms with Gasteiger partial charge in [0.15, 0.2) is 0 Å². The maximum absolute atomic E-state index is 4.66. The summed E-state index contributed by atoms with van der Waals surface area (Å²) in [6.45, 7) is 11.5. The number of aromatic nitrogens is 2. The molecule has 0 saturated carbocycles. The highest BCUT2D eigenvalue weighted by Crippen LogP contribution is 2.23. The lowest BCUT2D eigenvalue weighted by Gasteiger charge is -2.33. The Morgan fingerprint density at radius 3 is 2.15 bits per heavy atom. The minimum absolute atomic E-state index is 0.0647. The van der Waals surface area contributed by atoms with E-state index >= 15 is 0 Å². The summed E-state index contributed by atoms with van der Waals surface area (Å²) in [6.07, 6.45) is 0. The van der Waals surface area contributed by atoms with Crippen LogP contribution in [0, 0.1) is 6.92 Å². The van der Waals surface area contributed by atoms with Crippen LogP contribution in [0.15, 0.2) is 0 Å². The third kappa shape index (κ3) is 3.82. The summed E-state index contributed by atoms with van der Waals surface area (Å²) in [7, 11) is 6.08. The molecule has 0 aliphatic heterocycles. The minimum atomic E-state index is 0.0647. The smallest absolute Gasteiger partial charge is 0.135 e. The molecule has 0 unspecified atom stereocenters. The predicted octanol–water partition coefficient (Wildman–Crippen LogP) is 2.70. The fraction of sp³-hybridized carbons (Fsp3) is 0.733. The lowest BCUT2D eigenvalue weighted by atomic mass is 10.0. The van der Waals surface area contributed by atoms with Crippen molar-refractivity contribution < 1.29 is 0 Å². The van der Waals surface area contributed by atoms with Crippen LogP contribution in [0.5, 0.6) is 0 Å². The van der Waals surface area contributed by atoms with E-state index < -0.39 is 0 Å². The van der Waals surface area contributed by atoms with E-state index in [9.17, 15) is 0 Å². The van der Waals surface area contributed by atoms with Crippen molar-refractivity contribution in [3.8, 4) is 0 Å². The Morgan fingerprint density at radius 1 is 1.15 bits per heavy atom. The first-order valence-electron chi connectivity index (χ1n) is 7.16. The van der Waals surface area contributed by atoms with Crippen LogP contribution in [0.4, 0.5) is 11.6 Å². The molecule has 5 nitrogen and oxygen atoms in total. The zero-order chi connectivity index (χ0) is 15.5. The van der Waals surface area contributed by atoms with E-state index in [0.29, 0.717) is 5.92 Å². The molecule has 0 aliphatic carbocycles. The summed E-state index contributed by atoms with van der Waals surface area (Å²) in [5.41, 5.74) is 1.13. The van der Waals surface area contributed by atoms with Gasteiger partial charge in [0.25, 0.3) is 0 Å². The van der Waals surface area contributed by atoms with Gasteiger partial charge in [-0.15, -0.1) is 0 Å². The van der Waals surface area contributed by atoms with E-state index in [1.54, 1.807) is 0 Å². The molecule has 0 amide bonds. The summed E-state index contributed by atoms with van der Waals surface area (Å²) < 4.78 is 0. The number of hydrogen-bond donors (Lipinski definition) is 2. The number of likely N-dealkylation sites (N-methyl/N-ethyl adjacent to an activating group) is 1. The quantitative estimate of drug-likeness (QED) is 0.838. The standard InChI is InChI=1S/C15H29N5/c1-10(2)12-18-13(16-6)11(3)14(19-12)17-9-15(4,5)20(7)8/h10H,9H2,1-8H3,(H2,16,17,18,19). The molecule has 0 aliphatic rings. The van der Waals surface area contributed by atoms with Crippen molar-refractivity contribution in [3.63, 3.8) is 0 Å². The van der Waals surface area contributed by atoms with Crippen molar-refractivity contribution in [2.45, 2.75) is 46.1 Å². The second-order valence-corrected chi connectivity index (χ2v) is 6.37. The molecular formula is C15H29N5. The molecule has 0 spiro atoms. The number of anilines is 2. The predicted molar refractivity (Wildman–Crippen MR) is 86.7 cm³/mol. The maximum atomic E-state index is 4.66. The number of rotatable bonds is 6. The zero-order valence-electron chi connectivity index (χ0n) is 14.1. The average molecular weight is 279 g/mol. The van der Waals surface area contributed by atoms with Crippen molar-refractivity contribution in [1.29, 1.82) is 0 Å². The van der Waals surface area contributed by atoms with Crippen molar-refractivity contribution >= 4 is 11.6 Å². The number of nitrogens with zero attached hydrogens (tertiary/aromatic N) is 3. The molecule has 114 valence electrons. The minimum Gasteiger partial charge on any atom is -0.373 e. The molecule has 0 aromatic carbocycles. The lowest BCUT2D eigenvalue weighted by Crippen LogP contribution is -2.44. The molecule has 1 rings (SSSR count). The third-order valence-electron chi connectivity index (χ3n) is 3.82. The molecule has 0 atom stereocenters. The molecular weight excluding hydrogens is 250 g/mol. The van der Waals surface area contributed by atoms with Gasteiger partial charge in [-0.1, -0.05) is 13.8 Å². The van der Waals surface area contributed by atoms with Crippen molar-refractivity contribution in [1.82, 2.24) is 14.9 Å². The van der Waals surface area contributed by atoms with Gasteiger partial charge < -0.3 is 15.5 Å². The van der Waals surface area contributed by atoms with Gasteiger partial charge in [0.05, 0.1) is 0 Å². The van der Waals surface area contributed by atoms with E-state index in [2.05, 4.69) is 67.3 Å². The van der Waals surface area contributed by atoms with Gasteiger partial charge in [0, 0.05) is 30.6 Å². The molecule has 0 radical (unpaired) electrons. The van der Waals surface area contributed by atoms with Gasteiger partial charge in [-0.2, -0.15) is 0 Å². The van der Waals surface area contributed by atoms with Gasteiger partial charge in [-0.05, 0) is 34.9 Å². The summed E-state index contributed by atoms with van der Waals surface area (Å²) in [5, 5.41) is 6.62. The van der Waals surface area contributed by atoms with Crippen LogP contribution in [0.25, 0.3) is 0 Å². The molecule has 5 heteroatoms. The molecule has 0 bridgehead atoms. The zero-order valence-corrected chi connectivity index (χ0v) is 14.1. The molecule has 1 heterocycles. The van der Waals surface area contributed by atoms with Crippen LogP contribution in [0.1, 0.15) is 45.0 Å². The monoisotopic (exact) mass is 279 g/mol. The highest BCUT2D eigenvalue weighted by molar-refractivity contribution is 5.57.